The van der Waals surface area contributed by atoms with Crippen LogP contribution in [-0.2, 0) is 17.9 Å². The quantitative estimate of drug-likeness (QED) is 0.481. The Hall–Kier alpha value is -2.52. The third-order valence-electron chi connectivity index (χ3n) is 4.91. The number of nitrogens with zero attached hydrogens (tertiary/aromatic N) is 2. The van der Waals surface area contributed by atoms with Crippen molar-refractivity contribution in [3.8, 4) is 0 Å². The molecule has 1 aromatic heterocycles. The SMILES string of the molecule is Cc1cccc(Cn2cccc2CN(C(=O)[C@@H](Cl)c2ccccc2)C(C)C)c1. The minimum Gasteiger partial charge on any atom is -0.345 e. The second kappa shape index (κ2) is 9.11. The summed E-state index contributed by atoms with van der Waals surface area (Å²) in [6.45, 7) is 7.47. The molecule has 0 spiro atoms. The average Bonchev–Trinajstić information content (AvgIpc) is 3.12. The van der Waals surface area contributed by atoms with Crippen LogP contribution in [0.25, 0.3) is 0 Å². The van der Waals surface area contributed by atoms with Gasteiger partial charge in [0.1, 0.15) is 5.38 Å². The van der Waals surface area contributed by atoms with E-state index in [0.717, 1.165) is 17.8 Å². The molecule has 1 amide bonds. The molecule has 0 aliphatic carbocycles. The van der Waals surface area contributed by atoms with Gasteiger partial charge in [0.25, 0.3) is 0 Å². The highest BCUT2D eigenvalue weighted by atomic mass is 35.5. The molecule has 0 aliphatic heterocycles. The summed E-state index contributed by atoms with van der Waals surface area (Å²) in [5.74, 6) is -0.0637. The molecule has 3 rings (SSSR count). The lowest BCUT2D eigenvalue weighted by atomic mass is 10.1. The van der Waals surface area contributed by atoms with E-state index < -0.39 is 5.38 Å². The van der Waals surface area contributed by atoms with Crippen molar-refractivity contribution in [2.45, 2.75) is 45.3 Å². The third-order valence-corrected chi connectivity index (χ3v) is 5.35. The molecule has 0 saturated heterocycles. The van der Waals surface area contributed by atoms with E-state index in [4.69, 9.17) is 11.6 Å². The van der Waals surface area contributed by atoms with E-state index >= 15 is 0 Å². The van der Waals surface area contributed by atoms with Gasteiger partial charge in [-0.2, -0.15) is 0 Å². The predicted molar refractivity (Wildman–Crippen MR) is 115 cm³/mol. The van der Waals surface area contributed by atoms with Gasteiger partial charge in [0.2, 0.25) is 5.91 Å². The highest BCUT2D eigenvalue weighted by Gasteiger charge is 2.26. The molecular weight excluding hydrogens is 368 g/mol. The molecule has 0 aliphatic rings. The van der Waals surface area contributed by atoms with E-state index in [1.165, 1.54) is 11.1 Å². The maximum Gasteiger partial charge on any atom is 0.245 e. The number of aromatic nitrogens is 1. The van der Waals surface area contributed by atoms with Gasteiger partial charge in [-0.1, -0.05) is 60.2 Å². The Morgan fingerprint density at radius 3 is 2.46 bits per heavy atom. The van der Waals surface area contributed by atoms with Crippen LogP contribution in [0.5, 0.6) is 0 Å². The molecule has 146 valence electrons. The van der Waals surface area contributed by atoms with Gasteiger partial charge in [0, 0.05) is 24.5 Å². The van der Waals surface area contributed by atoms with E-state index in [1.54, 1.807) is 0 Å². The van der Waals surface area contributed by atoms with Gasteiger partial charge in [0.05, 0.1) is 6.54 Å². The first-order valence-electron chi connectivity index (χ1n) is 9.64. The number of alkyl halides is 1. The monoisotopic (exact) mass is 394 g/mol. The summed E-state index contributed by atoms with van der Waals surface area (Å²) < 4.78 is 2.20. The van der Waals surface area contributed by atoms with E-state index in [0.29, 0.717) is 6.54 Å². The standard InChI is InChI=1S/C24H27ClN2O/c1-18(2)27(24(28)23(25)21-11-5-4-6-12-21)17-22-13-8-14-26(22)16-20-10-7-9-19(3)15-20/h4-15,18,23H,16-17H2,1-3H3/t23-/m0/s1. The molecule has 4 heteroatoms. The Morgan fingerprint density at radius 1 is 1.04 bits per heavy atom. The van der Waals surface area contributed by atoms with Crippen molar-refractivity contribution in [2.24, 2.45) is 0 Å². The van der Waals surface area contributed by atoms with Crippen LogP contribution in [0, 0.1) is 6.92 Å². The van der Waals surface area contributed by atoms with Crippen molar-refractivity contribution in [1.82, 2.24) is 9.47 Å². The maximum atomic E-state index is 13.1. The molecule has 0 N–H and O–H groups in total. The summed E-state index contributed by atoms with van der Waals surface area (Å²) >= 11 is 6.52. The molecule has 0 radical (unpaired) electrons. The van der Waals surface area contributed by atoms with Crippen molar-refractivity contribution >= 4 is 17.5 Å². The van der Waals surface area contributed by atoms with E-state index in [-0.39, 0.29) is 11.9 Å². The summed E-state index contributed by atoms with van der Waals surface area (Å²) in [4.78, 5) is 15.0. The van der Waals surface area contributed by atoms with Gasteiger partial charge in [-0.15, -0.1) is 11.6 Å². The number of carbonyl (C=O) groups excluding carboxylic acids is 1. The number of benzene rings is 2. The second-order valence-electron chi connectivity index (χ2n) is 7.45. The normalized spacial score (nSPS) is 12.2. The van der Waals surface area contributed by atoms with Crippen LogP contribution in [-0.4, -0.2) is 21.4 Å². The molecular formula is C24H27ClN2O. The summed E-state index contributed by atoms with van der Waals surface area (Å²) in [6.07, 6.45) is 2.07. The number of rotatable bonds is 7. The predicted octanol–water partition coefficient (Wildman–Crippen LogP) is 5.56. The van der Waals surface area contributed by atoms with E-state index in [1.807, 2.05) is 55.1 Å². The molecule has 2 aromatic carbocycles. The Balaban J connectivity index is 1.78. The highest BCUT2D eigenvalue weighted by Crippen LogP contribution is 2.25. The van der Waals surface area contributed by atoms with Crippen LogP contribution >= 0.6 is 11.6 Å². The van der Waals surface area contributed by atoms with Crippen molar-refractivity contribution in [3.05, 3.63) is 95.3 Å². The van der Waals surface area contributed by atoms with Crippen molar-refractivity contribution in [2.75, 3.05) is 0 Å². The maximum absolute atomic E-state index is 13.1. The first kappa shape index (κ1) is 20.2. The minimum absolute atomic E-state index is 0.0554. The smallest absolute Gasteiger partial charge is 0.245 e. The molecule has 0 unspecified atom stereocenters. The highest BCUT2D eigenvalue weighted by molar-refractivity contribution is 6.30. The zero-order valence-corrected chi connectivity index (χ0v) is 17.4. The van der Waals surface area contributed by atoms with E-state index in [9.17, 15) is 4.79 Å². The van der Waals surface area contributed by atoms with E-state index in [2.05, 4.69) is 48.0 Å². The van der Waals surface area contributed by atoms with Crippen LogP contribution < -0.4 is 0 Å². The van der Waals surface area contributed by atoms with Crippen LogP contribution in [0.15, 0.2) is 72.9 Å². The summed E-state index contributed by atoms with van der Waals surface area (Å²) in [6, 6.07) is 22.2. The first-order chi connectivity index (χ1) is 13.5. The fourth-order valence-corrected chi connectivity index (χ4v) is 3.62. The minimum atomic E-state index is -0.677. The number of hydrogen-bond donors (Lipinski definition) is 0. The average molecular weight is 395 g/mol. The first-order valence-corrected chi connectivity index (χ1v) is 10.1. The van der Waals surface area contributed by atoms with Gasteiger partial charge >= 0.3 is 0 Å². The van der Waals surface area contributed by atoms with Gasteiger partial charge in [0.15, 0.2) is 0 Å². The molecule has 3 aromatic rings. The fraction of sp³-hybridized carbons (Fsp3) is 0.292. The van der Waals surface area contributed by atoms with Crippen LogP contribution in [0.1, 0.15) is 41.6 Å². The Morgan fingerprint density at radius 2 is 1.79 bits per heavy atom. The Bertz CT molecular complexity index is 917. The largest absolute Gasteiger partial charge is 0.345 e. The van der Waals surface area contributed by atoms with Crippen LogP contribution in [0.3, 0.4) is 0 Å². The topological polar surface area (TPSA) is 25.2 Å². The van der Waals surface area contributed by atoms with Crippen molar-refractivity contribution in [1.29, 1.82) is 0 Å². The number of carbonyl (C=O) groups is 1. The van der Waals surface area contributed by atoms with Crippen molar-refractivity contribution < 1.29 is 4.79 Å². The summed E-state index contributed by atoms with van der Waals surface area (Å²) in [5, 5.41) is -0.677. The molecule has 0 bridgehead atoms. The number of aryl methyl sites for hydroxylation is 1. The lowest BCUT2D eigenvalue weighted by Gasteiger charge is -2.29. The van der Waals surface area contributed by atoms with Crippen LogP contribution in [0.2, 0.25) is 0 Å². The molecule has 3 nitrogen and oxygen atoms in total. The second-order valence-corrected chi connectivity index (χ2v) is 7.89. The lowest BCUT2D eigenvalue weighted by Crippen LogP contribution is -2.39. The number of hydrogen-bond acceptors (Lipinski definition) is 1. The number of halogens is 1. The van der Waals surface area contributed by atoms with Crippen LogP contribution in [0.4, 0.5) is 0 Å². The lowest BCUT2D eigenvalue weighted by molar-refractivity contribution is -0.133. The van der Waals surface area contributed by atoms with Gasteiger partial charge in [-0.05, 0) is 44.0 Å². The fourth-order valence-electron chi connectivity index (χ4n) is 3.35. The summed E-state index contributed by atoms with van der Waals surface area (Å²) in [7, 11) is 0. The third kappa shape index (κ3) is 4.85. The molecule has 1 heterocycles. The molecule has 0 saturated carbocycles. The zero-order valence-electron chi connectivity index (χ0n) is 16.7. The Kier molecular flexibility index (Phi) is 6.58. The van der Waals surface area contributed by atoms with Crippen molar-refractivity contribution in [3.63, 3.8) is 0 Å². The number of amides is 1. The zero-order chi connectivity index (χ0) is 20.1. The summed E-state index contributed by atoms with van der Waals surface area (Å²) in [5.41, 5.74) is 4.42. The van der Waals surface area contributed by atoms with Gasteiger partial charge in [-0.3, -0.25) is 4.79 Å². The van der Waals surface area contributed by atoms with Gasteiger partial charge < -0.3 is 9.47 Å². The molecule has 1 atom stereocenters. The molecule has 0 fully saturated rings. The van der Waals surface area contributed by atoms with Gasteiger partial charge in [-0.25, -0.2) is 0 Å². The molecule has 28 heavy (non-hydrogen) atoms. The Labute approximate surface area is 172 Å².